The first-order chi connectivity index (χ1) is 11.4. The Bertz CT molecular complexity index is 772. The van der Waals surface area contributed by atoms with E-state index in [1.54, 1.807) is 18.2 Å². The molecule has 1 aliphatic rings. The van der Waals surface area contributed by atoms with Gasteiger partial charge >= 0.3 is 0 Å². The molecule has 4 nitrogen and oxygen atoms in total. The van der Waals surface area contributed by atoms with Gasteiger partial charge in [-0.05, 0) is 35.4 Å². The number of rotatable bonds is 4. The van der Waals surface area contributed by atoms with Crippen molar-refractivity contribution < 1.29 is 27.4 Å². The first-order valence-electron chi connectivity index (χ1n) is 7.20. The lowest BCUT2D eigenvalue weighted by Gasteiger charge is -2.17. The molecule has 126 valence electrons. The number of ether oxygens (including phenoxy) is 2. The minimum absolute atomic E-state index is 0.0303. The second-order valence-corrected chi connectivity index (χ2v) is 5.49. The van der Waals surface area contributed by atoms with E-state index in [1.807, 2.05) is 0 Å². The van der Waals surface area contributed by atoms with Crippen molar-refractivity contribution in [1.82, 2.24) is 4.90 Å². The van der Waals surface area contributed by atoms with Gasteiger partial charge in [0.1, 0.15) is 0 Å². The average Bonchev–Trinajstić information content (AvgIpc) is 3.00. The second kappa shape index (κ2) is 6.43. The van der Waals surface area contributed by atoms with Crippen LogP contribution in [0, 0.1) is 17.5 Å². The molecule has 0 aliphatic carbocycles. The maximum Gasteiger partial charge on any atom is 0.231 e. The van der Waals surface area contributed by atoms with Crippen LogP contribution in [0.25, 0.3) is 0 Å². The van der Waals surface area contributed by atoms with Crippen molar-refractivity contribution in [2.75, 3.05) is 13.8 Å². The Morgan fingerprint density at radius 2 is 1.71 bits per heavy atom. The summed E-state index contributed by atoms with van der Waals surface area (Å²) in [5.74, 6) is -3.13. The molecule has 1 amide bonds. The second-order valence-electron chi connectivity index (χ2n) is 5.49. The fourth-order valence-corrected chi connectivity index (χ4v) is 2.42. The predicted molar refractivity (Wildman–Crippen MR) is 79.1 cm³/mol. The van der Waals surface area contributed by atoms with Crippen molar-refractivity contribution in [1.29, 1.82) is 0 Å². The van der Waals surface area contributed by atoms with Crippen LogP contribution < -0.4 is 9.47 Å². The first-order valence-corrected chi connectivity index (χ1v) is 7.20. The van der Waals surface area contributed by atoms with Crippen LogP contribution in [0.3, 0.4) is 0 Å². The Morgan fingerprint density at radius 3 is 2.42 bits per heavy atom. The average molecular weight is 337 g/mol. The maximum absolute atomic E-state index is 13.2. The van der Waals surface area contributed by atoms with E-state index in [2.05, 4.69) is 0 Å². The van der Waals surface area contributed by atoms with Crippen molar-refractivity contribution >= 4 is 5.91 Å². The SMILES string of the molecule is CN(Cc1cc(F)c(F)c(F)c1)C(=O)Cc1ccc2c(c1)OCO2. The van der Waals surface area contributed by atoms with E-state index < -0.39 is 17.5 Å². The highest BCUT2D eigenvalue weighted by molar-refractivity contribution is 5.78. The molecule has 1 heterocycles. The van der Waals surface area contributed by atoms with Crippen LogP contribution in [0.5, 0.6) is 11.5 Å². The summed E-state index contributed by atoms with van der Waals surface area (Å²) in [7, 11) is 1.51. The zero-order valence-corrected chi connectivity index (χ0v) is 12.8. The van der Waals surface area contributed by atoms with Crippen molar-refractivity contribution in [3.8, 4) is 11.5 Å². The topological polar surface area (TPSA) is 38.8 Å². The smallest absolute Gasteiger partial charge is 0.231 e. The highest BCUT2D eigenvalue weighted by Gasteiger charge is 2.17. The highest BCUT2D eigenvalue weighted by Crippen LogP contribution is 2.32. The lowest BCUT2D eigenvalue weighted by molar-refractivity contribution is -0.129. The fourth-order valence-electron chi connectivity index (χ4n) is 2.42. The number of carbonyl (C=O) groups excluding carboxylic acids is 1. The van der Waals surface area contributed by atoms with E-state index in [0.717, 1.165) is 17.7 Å². The summed E-state index contributed by atoms with van der Waals surface area (Å²) >= 11 is 0. The molecule has 0 unspecified atom stereocenters. The number of nitrogens with zero attached hydrogens (tertiary/aromatic N) is 1. The Hall–Kier alpha value is -2.70. The van der Waals surface area contributed by atoms with Crippen molar-refractivity contribution in [2.45, 2.75) is 13.0 Å². The number of hydrogen-bond donors (Lipinski definition) is 0. The molecule has 1 aliphatic heterocycles. The van der Waals surface area contributed by atoms with E-state index >= 15 is 0 Å². The Labute approximate surface area is 136 Å². The summed E-state index contributed by atoms with van der Waals surface area (Å²) < 4.78 is 49.8. The Kier molecular flexibility index (Phi) is 4.33. The Balaban J connectivity index is 1.67. The van der Waals surface area contributed by atoms with Gasteiger partial charge in [0, 0.05) is 13.6 Å². The van der Waals surface area contributed by atoms with Gasteiger partial charge in [0.25, 0.3) is 0 Å². The lowest BCUT2D eigenvalue weighted by Crippen LogP contribution is -2.27. The van der Waals surface area contributed by atoms with E-state index in [9.17, 15) is 18.0 Å². The third-order valence-electron chi connectivity index (χ3n) is 3.68. The molecule has 0 atom stereocenters. The quantitative estimate of drug-likeness (QED) is 0.805. The number of halogens is 3. The summed E-state index contributed by atoms with van der Waals surface area (Å²) in [6.07, 6.45) is 0.0965. The van der Waals surface area contributed by atoms with Crippen LogP contribution in [0.4, 0.5) is 13.2 Å². The number of amides is 1. The van der Waals surface area contributed by atoms with Crippen molar-refractivity contribution in [3.63, 3.8) is 0 Å². The van der Waals surface area contributed by atoms with Crippen LogP contribution in [-0.2, 0) is 17.8 Å². The predicted octanol–water partition coefficient (Wildman–Crippen LogP) is 3.03. The fraction of sp³-hybridized carbons (Fsp3) is 0.235. The largest absolute Gasteiger partial charge is 0.454 e. The minimum Gasteiger partial charge on any atom is -0.454 e. The third-order valence-corrected chi connectivity index (χ3v) is 3.68. The molecule has 2 aromatic rings. The number of hydrogen-bond acceptors (Lipinski definition) is 3. The molecule has 3 rings (SSSR count). The molecule has 0 bridgehead atoms. The van der Waals surface area contributed by atoms with E-state index in [4.69, 9.17) is 9.47 Å². The highest BCUT2D eigenvalue weighted by atomic mass is 19.2. The molecule has 24 heavy (non-hydrogen) atoms. The monoisotopic (exact) mass is 337 g/mol. The molecule has 2 aromatic carbocycles. The van der Waals surface area contributed by atoms with Crippen molar-refractivity contribution in [3.05, 3.63) is 58.9 Å². The van der Waals surface area contributed by atoms with E-state index in [-0.39, 0.29) is 31.2 Å². The molecule has 0 saturated heterocycles. The summed E-state index contributed by atoms with van der Waals surface area (Å²) in [4.78, 5) is 13.6. The Morgan fingerprint density at radius 1 is 1.04 bits per heavy atom. The molecule has 0 spiro atoms. The summed E-state index contributed by atoms with van der Waals surface area (Å²) in [6, 6.07) is 6.93. The van der Waals surface area contributed by atoms with E-state index in [0.29, 0.717) is 11.5 Å². The molecule has 0 saturated carbocycles. The first kappa shape index (κ1) is 16.2. The number of likely N-dealkylation sites (N-methyl/N-ethyl adjacent to an activating group) is 1. The normalized spacial score (nSPS) is 12.3. The van der Waals surface area contributed by atoms with Crippen LogP contribution in [-0.4, -0.2) is 24.6 Å². The zero-order chi connectivity index (χ0) is 17.3. The summed E-state index contributed by atoms with van der Waals surface area (Å²) in [6.45, 7) is 0.117. The van der Waals surface area contributed by atoms with Gasteiger partial charge in [0.15, 0.2) is 29.0 Å². The van der Waals surface area contributed by atoms with Gasteiger partial charge in [-0.1, -0.05) is 6.07 Å². The van der Waals surface area contributed by atoms with Crippen LogP contribution in [0.2, 0.25) is 0 Å². The van der Waals surface area contributed by atoms with Crippen LogP contribution in [0.1, 0.15) is 11.1 Å². The van der Waals surface area contributed by atoms with Gasteiger partial charge in [-0.15, -0.1) is 0 Å². The number of carbonyl (C=O) groups is 1. The molecule has 7 heteroatoms. The summed E-state index contributed by atoms with van der Waals surface area (Å²) in [5.41, 5.74) is 0.903. The van der Waals surface area contributed by atoms with Gasteiger partial charge in [0.05, 0.1) is 6.42 Å². The molecule has 0 fully saturated rings. The standard InChI is InChI=1S/C17H14F3NO3/c1-21(8-11-4-12(18)17(20)13(19)5-11)16(22)7-10-2-3-14-15(6-10)24-9-23-14/h2-6H,7-9H2,1H3. The summed E-state index contributed by atoms with van der Waals surface area (Å²) in [5, 5.41) is 0. The maximum atomic E-state index is 13.2. The zero-order valence-electron chi connectivity index (χ0n) is 12.8. The minimum atomic E-state index is -1.52. The number of fused-ring (bicyclic) bond motifs is 1. The van der Waals surface area contributed by atoms with Gasteiger partial charge in [-0.2, -0.15) is 0 Å². The molecule has 0 aromatic heterocycles. The molecule has 0 radical (unpaired) electrons. The van der Waals surface area contributed by atoms with Gasteiger partial charge in [-0.25, -0.2) is 13.2 Å². The van der Waals surface area contributed by atoms with Crippen LogP contribution >= 0.6 is 0 Å². The van der Waals surface area contributed by atoms with Crippen LogP contribution in [0.15, 0.2) is 30.3 Å². The van der Waals surface area contributed by atoms with E-state index in [1.165, 1.54) is 11.9 Å². The number of benzene rings is 2. The van der Waals surface area contributed by atoms with Gasteiger partial charge < -0.3 is 14.4 Å². The van der Waals surface area contributed by atoms with Gasteiger partial charge in [0.2, 0.25) is 12.7 Å². The third kappa shape index (κ3) is 3.29. The molecular weight excluding hydrogens is 323 g/mol. The lowest BCUT2D eigenvalue weighted by atomic mass is 10.1. The molecule has 0 N–H and O–H groups in total. The van der Waals surface area contributed by atoms with Crippen molar-refractivity contribution in [2.24, 2.45) is 0 Å². The van der Waals surface area contributed by atoms with Gasteiger partial charge in [-0.3, -0.25) is 4.79 Å². The molecular formula is C17H14F3NO3.